The van der Waals surface area contributed by atoms with Crippen LogP contribution in [0.1, 0.15) is 13.8 Å². The van der Waals surface area contributed by atoms with Gasteiger partial charge >= 0.3 is 0 Å². The van der Waals surface area contributed by atoms with Crippen LogP contribution in [0.2, 0.25) is 0 Å². The Kier molecular flexibility index (Phi) is 5.81. The van der Waals surface area contributed by atoms with Gasteiger partial charge in [-0.3, -0.25) is 0 Å². The SMILES string of the molecule is CC(C)[C@H](C=O)O[Si](c1ccccc1)(c1ccccc1)c1ccccc1. The summed E-state index contributed by atoms with van der Waals surface area (Å²) in [5.41, 5.74) is 0. The zero-order valence-electron chi connectivity index (χ0n) is 15.2. The van der Waals surface area contributed by atoms with Crippen LogP contribution in [0.25, 0.3) is 0 Å². The van der Waals surface area contributed by atoms with Crippen molar-refractivity contribution in [3.63, 3.8) is 0 Å². The molecule has 3 rings (SSSR count). The second-order valence-corrected chi connectivity index (χ2v) is 10.1. The van der Waals surface area contributed by atoms with Gasteiger partial charge in [0.05, 0.1) is 0 Å². The molecular formula is C23H24O2Si. The van der Waals surface area contributed by atoms with Gasteiger partial charge in [0.15, 0.2) is 0 Å². The fraction of sp³-hybridized carbons (Fsp3) is 0.174. The van der Waals surface area contributed by atoms with E-state index in [1.807, 2.05) is 68.4 Å². The molecule has 0 aromatic heterocycles. The molecule has 3 aromatic rings. The quantitative estimate of drug-likeness (QED) is 0.368. The summed E-state index contributed by atoms with van der Waals surface area (Å²) in [7, 11) is -2.80. The van der Waals surface area contributed by atoms with E-state index in [-0.39, 0.29) is 5.92 Å². The molecule has 132 valence electrons. The smallest absolute Gasteiger partial charge is 0.288 e. The van der Waals surface area contributed by atoms with Crippen LogP contribution in [0.15, 0.2) is 91.0 Å². The molecule has 0 amide bonds. The van der Waals surface area contributed by atoms with Gasteiger partial charge in [-0.25, -0.2) is 0 Å². The maximum Gasteiger partial charge on any atom is 0.288 e. The van der Waals surface area contributed by atoms with E-state index in [1.54, 1.807) is 0 Å². The minimum absolute atomic E-state index is 0.107. The minimum atomic E-state index is -2.80. The fourth-order valence-electron chi connectivity index (χ4n) is 3.25. The van der Waals surface area contributed by atoms with E-state index < -0.39 is 14.4 Å². The van der Waals surface area contributed by atoms with Gasteiger partial charge in [0.25, 0.3) is 8.32 Å². The zero-order valence-corrected chi connectivity index (χ0v) is 16.2. The maximum absolute atomic E-state index is 11.8. The van der Waals surface area contributed by atoms with Crippen LogP contribution in [-0.4, -0.2) is 20.7 Å². The second-order valence-electron chi connectivity index (χ2n) is 6.74. The molecule has 0 aliphatic rings. The van der Waals surface area contributed by atoms with E-state index in [9.17, 15) is 4.79 Å². The van der Waals surface area contributed by atoms with E-state index in [4.69, 9.17) is 4.43 Å². The van der Waals surface area contributed by atoms with Crippen LogP contribution in [0, 0.1) is 5.92 Å². The lowest BCUT2D eigenvalue weighted by molar-refractivity contribution is -0.115. The topological polar surface area (TPSA) is 26.3 Å². The molecule has 0 fully saturated rings. The molecule has 0 radical (unpaired) electrons. The highest BCUT2D eigenvalue weighted by atomic mass is 28.4. The average molecular weight is 361 g/mol. The Bertz CT molecular complexity index is 720. The van der Waals surface area contributed by atoms with Gasteiger partial charge in [-0.2, -0.15) is 0 Å². The highest BCUT2D eigenvalue weighted by Gasteiger charge is 2.44. The first-order valence-electron chi connectivity index (χ1n) is 8.98. The average Bonchev–Trinajstić information content (AvgIpc) is 2.71. The number of hydrogen-bond donors (Lipinski definition) is 0. The molecular weight excluding hydrogens is 336 g/mol. The molecule has 2 nitrogen and oxygen atoms in total. The first-order chi connectivity index (χ1) is 12.7. The molecule has 0 aliphatic carbocycles. The molecule has 0 N–H and O–H groups in total. The molecule has 0 heterocycles. The van der Waals surface area contributed by atoms with Crippen molar-refractivity contribution in [2.45, 2.75) is 20.0 Å². The van der Waals surface area contributed by atoms with Crippen LogP contribution < -0.4 is 15.6 Å². The Morgan fingerprint density at radius 2 is 1.04 bits per heavy atom. The summed E-state index contributed by atoms with van der Waals surface area (Å²) in [6.07, 6.45) is 0.489. The molecule has 0 saturated heterocycles. The highest BCUT2D eigenvalue weighted by molar-refractivity contribution is 7.07. The Hall–Kier alpha value is -2.49. The zero-order chi connectivity index (χ0) is 18.4. The van der Waals surface area contributed by atoms with E-state index in [1.165, 1.54) is 0 Å². The Balaban J connectivity index is 2.29. The van der Waals surface area contributed by atoms with Gasteiger partial charge in [0, 0.05) is 0 Å². The van der Waals surface area contributed by atoms with E-state index in [0.29, 0.717) is 0 Å². The van der Waals surface area contributed by atoms with Crippen molar-refractivity contribution < 1.29 is 9.22 Å². The lowest BCUT2D eigenvalue weighted by Gasteiger charge is -2.36. The predicted molar refractivity (Wildman–Crippen MR) is 110 cm³/mol. The van der Waals surface area contributed by atoms with Crippen LogP contribution in [-0.2, 0) is 9.22 Å². The van der Waals surface area contributed by atoms with Gasteiger partial charge in [0.2, 0.25) is 0 Å². The number of carbonyl (C=O) groups excluding carboxylic acids is 1. The summed E-state index contributed by atoms with van der Waals surface area (Å²) < 4.78 is 6.78. The van der Waals surface area contributed by atoms with Crippen LogP contribution >= 0.6 is 0 Å². The summed E-state index contributed by atoms with van der Waals surface area (Å²) >= 11 is 0. The maximum atomic E-state index is 11.8. The van der Waals surface area contributed by atoms with E-state index in [2.05, 4.69) is 36.4 Å². The molecule has 0 bridgehead atoms. The Labute approximate surface area is 156 Å². The Morgan fingerprint density at radius 3 is 1.31 bits per heavy atom. The lowest BCUT2D eigenvalue weighted by Crippen LogP contribution is -2.70. The monoisotopic (exact) mass is 360 g/mol. The van der Waals surface area contributed by atoms with E-state index >= 15 is 0 Å². The first kappa shape index (κ1) is 18.3. The second kappa shape index (κ2) is 8.26. The number of carbonyl (C=O) groups is 1. The van der Waals surface area contributed by atoms with E-state index in [0.717, 1.165) is 21.8 Å². The summed E-state index contributed by atoms with van der Waals surface area (Å²) in [6.45, 7) is 4.05. The van der Waals surface area contributed by atoms with Gasteiger partial charge < -0.3 is 9.22 Å². The van der Waals surface area contributed by atoms with Crippen molar-refractivity contribution in [2.75, 3.05) is 0 Å². The lowest BCUT2D eigenvalue weighted by atomic mass is 10.1. The van der Waals surface area contributed by atoms with Gasteiger partial charge in [-0.05, 0) is 21.5 Å². The molecule has 26 heavy (non-hydrogen) atoms. The molecule has 0 saturated carbocycles. The van der Waals surface area contributed by atoms with Crippen LogP contribution in [0.5, 0.6) is 0 Å². The molecule has 0 unspecified atom stereocenters. The summed E-state index contributed by atoms with van der Waals surface area (Å²) in [4.78, 5) is 11.8. The van der Waals surface area contributed by atoms with Crippen LogP contribution in [0.3, 0.4) is 0 Å². The number of rotatable bonds is 7. The van der Waals surface area contributed by atoms with Crippen molar-refractivity contribution in [1.29, 1.82) is 0 Å². The number of hydrogen-bond acceptors (Lipinski definition) is 2. The minimum Gasteiger partial charge on any atom is -0.394 e. The normalized spacial score (nSPS) is 12.7. The summed E-state index contributed by atoms with van der Waals surface area (Å²) in [6, 6.07) is 31.0. The molecule has 3 aromatic carbocycles. The highest BCUT2D eigenvalue weighted by Crippen LogP contribution is 2.15. The molecule has 1 atom stereocenters. The fourth-order valence-corrected chi connectivity index (χ4v) is 7.38. The van der Waals surface area contributed by atoms with Gasteiger partial charge in [0.1, 0.15) is 12.4 Å². The van der Waals surface area contributed by atoms with Crippen molar-refractivity contribution in [2.24, 2.45) is 5.92 Å². The third kappa shape index (κ3) is 3.55. The van der Waals surface area contributed by atoms with Crippen molar-refractivity contribution in [3.8, 4) is 0 Å². The predicted octanol–water partition coefficient (Wildman–Crippen LogP) is 2.89. The third-order valence-electron chi connectivity index (χ3n) is 4.64. The first-order valence-corrected chi connectivity index (χ1v) is 10.9. The van der Waals surface area contributed by atoms with Crippen LogP contribution in [0.4, 0.5) is 0 Å². The molecule has 0 aliphatic heterocycles. The number of aldehydes is 1. The van der Waals surface area contributed by atoms with Gasteiger partial charge in [-0.1, -0.05) is 105 Å². The van der Waals surface area contributed by atoms with Crippen molar-refractivity contribution in [1.82, 2.24) is 0 Å². The standard InChI is InChI=1S/C23H24O2Si/c1-19(2)23(18-24)25-26(20-12-6-3-7-13-20,21-14-8-4-9-15-21)22-16-10-5-11-17-22/h3-19,23H,1-2H3/t23-/m0/s1. The van der Waals surface area contributed by atoms with Crippen molar-refractivity contribution in [3.05, 3.63) is 91.0 Å². The molecule has 0 spiro atoms. The largest absolute Gasteiger partial charge is 0.394 e. The Morgan fingerprint density at radius 1 is 0.692 bits per heavy atom. The summed E-state index contributed by atoms with van der Waals surface area (Å²) in [5, 5.41) is 3.43. The molecule has 3 heteroatoms. The number of benzene rings is 3. The van der Waals surface area contributed by atoms with Gasteiger partial charge in [-0.15, -0.1) is 0 Å². The third-order valence-corrected chi connectivity index (χ3v) is 8.71. The van der Waals surface area contributed by atoms with Crippen molar-refractivity contribution >= 4 is 30.2 Å². The summed E-state index contributed by atoms with van der Waals surface area (Å²) in [5.74, 6) is 0.107.